The first kappa shape index (κ1) is 9.28. The molecule has 0 aromatic carbocycles. The van der Waals surface area contributed by atoms with Gasteiger partial charge in [0.25, 0.3) is 0 Å². The Hall–Kier alpha value is -1.96. The predicted octanol–water partition coefficient (Wildman–Crippen LogP) is 2.85. The van der Waals surface area contributed by atoms with Crippen LogP contribution >= 0.6 is 0 Å². The summed E-state index contributed by atoms with van der Waals surface area (Å²) in [7, 11) is 0. The van der Waals surface area contributed by atoms with Gasteiger partial charge in [-0.1, -0.05) is 17.7 Å². The van der Waals surface area contributed by atoms with Crippen LogP contribution in [0.5, 0.6) is 0 Å². The van der Waals surface area contributed by atoms with Crippen molar-refractivity contribution in [2.75, 3.05) is 0 Å². The molecule has 78 valence electrons. The van der Waals surface area contributed by atoms with Crippen molar-refractivity contribution in [2.45, 2.75) is 12.8 Å². The molecule has 1 aliphatic carbocycles. The number of aliphatic imine (C=N–C) groups is 1. The average molecular weight is 208 g/mol. The van der Waals surface area contributed by atoms with E-state index in [1.54, 1.807) is 0 Å². The Morgan fingerprint density at radius 3 is 3.06 bits per heavy atom. The van der Waals surface area contributed by atoms with E-state index in [2.05, 4.69) is 34.3 Å². The molecular weight excluding hydrogens is 196 g/mol. The van der Waals surface area contributed by atoms with Crippen molar-refractivity contribution >= 4 is 6.21 Å². The first-order valence-corrected chi connectivity index (χ1v) is 5.44. The SMILES string of the molecule is C1=NC2=CC=C(Cc3cccnc3)CC2=C1. The van der Waals surface area contributed by atoms with Crippen molar-refractivity contribution in [3.63, 3.8) is 0 Å². The Balaban J connectivity index is 1.79. The Labute approximate surface area is 94.8 Å². The molecule has 16 heavy (non-hydrogen) atoms. The lowest BCUT2D eigenvalue weighted by molar-refractivity contribution is 0.998. The number of fused-ring (bicyclic) bond motifs is 1. The van der Waals surface area contributed by atoms with E-state index in [1.165, 1.54) is 16.7 Å². The van der Waals surface area contributed by atoms with Crippen molar-refractivity contribution in [3.8, 4) is 0 Å². The smallest absolute Gasteiger partial charge is 0.0665 e. The highest BCUT2D eigenvalue weighted by Crippen LogP contribution is 2.29. The average Bonchev–Trinajstić information content (AvgIpc) is 2.77. The molecule has 1 aromatic heterocycles. The summed E-state index contributed by atoms with van der Waals surface area (Å²) in [5, 5.41) is 0. The van der Waals surface area contributed by atoms with E-state index in [0.717, 1.165) is 18.5 Å². The number of hydrogen-bond donors (Lipinski definition) is 0. The Morgan fingerprint density at radius 2 is 2.19 bits per heavy atom. The molecule has 0 saturated carbocycles. The molecule has 0 bridgehead atoms. The quantitative estimate of drug-likeness (QED) is 0.733. The lowest BCUT2D eigenvalue weighted by Crippen LogP contribution is -1.98. The van der Waals surface area contributed by atoms with Gasteiger partial charge in [-0.25, -0.2) is 0 Å². The summed E-state index contributed by atoms with van der Waals surface area (Å²) in [6.45, 7) is 0. The highest BCUT2D eigenvalue weighted by Gasteiger charge is 2.13. The zero-order chi connectivity index (χ0) is 10.8. The maximum Gasteiger partial charge on any atom is 0.0665 e. The third-order valence-corrected chi connectivity index (χ3v) is 2.87. The van der Waals surface area contributed by atoms with Crippen molar-refractivity contribution in [3.05, 3.63) is 65.2 Å². The monoisotopic (exact) mass is 208 g/mol. The summed E-state index contributed by atoms with van der Waals surface area (Å²) in [5.41, 5.74) is 5.15. The summed E-state index contributed by atoms with van der Waals surface area (Å²) in [4.78, 5) is 8.42. The molecule has 1 aliphatic heterocycles. The maximum atomic E-state index is 4.29. The summed E-state index contributed by atoms with van der Waals surface area (Å²) >= 11 is 0. The lowest BCUT2D eigenvalue weighted by Gasteiger charge is -2.13. The van der Waals surface area contributed by atoms with Gasteiger partial charge in [-0.3, -0.25) is 9.98 Å². The van der Waals surface area contributed by atoms with Gasteiger partial charge in [0.1, 0.15) is 0 Å². The van der Waals surface area contributed by atoms with Gasteiger partial charge in [0.2, 0.25) is 0 Å². The van der Waals surface area contributed by atoms with Crippen molar-refractivity contribution in [2.24, 2.45) is 4.99 Å². The van der Waals surface area contributed by atoms with Crippen LogP contribution < -0.4 is 0 Å². The number of nitrogens with zero attached hydrogens (tertiary/aromatic N) is 2. The summed E-state index contributed by atoms with van der Waals surface area (Å²) in [6, 6.07) is 4.10. The largest absolute Gasteiger partial charge is 0.264 e. The fraction of sp³-hybridized carbons (Fsp3) is 0.143. The van der Waals surface area contributed by atoms with Crippen LogP contribution in [0, 0.1) is 0 Å². The summed E-state index contributed by atoms with van der Waals surface area (Å²) in [5.74, 6) is 0. The highest BCUT2D eigenvalue weighted by molar-refractivity contribution is 5.80. The molecule has 0 atom stereocenters. The molecule has 2 heteroatoms. The fourth-order valence-electron chi connectivity index (χ4n) is 2.06. The lowest BCUT2D eigenvalue weighted by atomic mass is 9.94. The molecule has 0 N–H and O–H groups in total. The number of pyridine rings is 1. The van der Waals surface area contributed by atoms with Gasteiger partial charge < -0.3 is 0 Å². The van der Waals surface area contributed by atoms with E-state index >= 15 is 0 Å². The second-order valence-corrected chi connectivity index (χ2v) is 4.06. The molecule has 2 nitrogen and oxygen atoms in total. The third-order valence-electron chi connectivity index (χ3n) is 2.87. The Bertz CT molecular complexity index is 519. The molecule has 0 saturated heterocycles. The first-order chi connectivity index (χ1) is 7.92. The fourth-order valence-corrected chi connectivity index (χ4v) is 2.06. The van der Waals surface area contributed by atoms with Crippen LogP contribution in [0.15, 0.2) is 64.6 Å². The molecule has 0 unspecified atom stereocenters. The van der Waals surface area contributed by atoms with Gasteiger partial charge in [-0.15, -0.1) is 0 Å². The van der Waals surface area contributed by atoms with Crippen LogP contribution in [0.3, 0.4) is 0 Å². The number of allylic oxidation sites excluding steroid dienone is 5. The van der Waals surface area contributed by atoms with Gasteiger partial charge in [0.05, 0.1) is 5.70 Å². The maximum absolute atomic E-state index is 4.29. The first-order valence-electron chi connectivity index (χ1n) is 5.44. The Kier molecular flexibility index (Phi) is 2.26. The van der Waals surface area contributed by atoms with Gasteiger partial charge in [0.15, 0.2) is 0 Å². The van der Waals surface area contributed by atoms with E-state index in [1.807, 2.05) is 24.7 Å². The van der Waals surface area contributed by atoms with Gasteiger partial charge in [-0.05, 0) is 42.2 Å². The second kappa shape index (κ2) is 3.89. The van der Waals surface area contributed by atoms with Crippen LogP contribution in [0.1, 0.15) is 12.0 Å². The van der Waals surface area contributed by atoms with Gasteiger partial charge in [0, 0.05) is 18.6 Å². The van der Waals surface area contributed by atoms with Crippen LogP contribution in [0.25, 0.3) is 0 Å². The minimum atomic E-state index is 0.981. The van der Waals surface area contributed by atoms with Crippen LogP contribution in [0.4, 0.5) is 0 Å². The van der Waals surface area contributed by atoms with E-state index in [0.29, 0.717) is 0 Å². The molecule has 1 aromatic rings. The minimum Gasteiger partial charge on any atom is -0.264 e. The van der Waals surface area contributed by atoms with Crippen molar-refractivity contribution in [1.82, 2.24) is 4.98 Å². The molecular formula is C14H12N2. The van der Waals surface area contributed by atoms with E-state index in [4.69, 9.17) is 0 Å². The van der Waals surface area contributed by atoms with Crippen LogP contribution in [0.2, 0.25) is 0 Å². The standard InChI is InChI=1S/C14H12N2/c1-2-12(10-15-6-1)8-11-3-4-14-13(9-11)5-7-16-14/h1-7,10H,8-9H2. The number of hydrogen-bond acceptors (Lipinski definition) is 2. The summed E-state index contributed by atoms with van der Waals surface area (Å²) < 4.78 is 0. The van der Waals surface area contributed by atoms with Crippen LogP contribution in [-0.4, -0.2) is 11.2 Å². The van der Waals surface area contributed by atoms with Crippen molar-refractivity contribution < 1.29 is 0 Å². The second-order valence-electron chi connectivity index (χ2n) is 4.06. The van der Waals surface area contributed by atoms with Crippen LogP contribution in [-0.2, 0) is 6.42 Å². The molecule has 3 rings (SSSR count). The number of rotatable bonds is 2. The van der Waals surface area contributed by atoms with E-state index < -0.39 is 0 Å². The summed E-state index contributed by atoms with van der Waals surface area (Å²) in [6.07, 6.45) is 14.0. The predicted molar refractivity (Wildman–Crippen MR) is 65.3 cm³/mol. The van der Waals surface area contributed by atoms with Crippen molar-refractivity contribution in [1.29, 1.82) is 0 Å². The van der Waals surface area contributed by atoms with Gasteiger partial charge in [-0.2, -0.15) is 0 Å². The zero-order valence-electron chi connectivity index (χ0n) is 8.93. The zero-order valence-corrected chi connectivity index (χ0v) is 8.93. The molecule has 0 radical (unpaired) electrons. The third kappa shape index (κ3) is 1.74. The number of aromatic nitrogens is 1. The molecule has 0 amide bonds. The van der Waals surface area contributed by atoms with E-state index in [9.17, 15) is 0 Å². The molecule has 2 aliphatic rings. The van der Waals surface area contributed by atoms with E-state index in [-0.39, 0.29) is 0 Å². The highest BCUT2D eigenvalue weighted by atomic mass is 14.8. The Morgan fingerprint density at radius 1 is 1.19 bits per heavy atom. The van der Waals surface area contributed by atoms with Gasteiger partial charge >= 0.3 is 0 Å². The topological polar surface area (TPSA) is 25.2 Å². The minimum absolute atomic E-state index is 0.981. The molecule has 2 heterocycles. The molecule has 0 spiro atoms. The normalized spacial score (nSPS) is 17.6. The molecule has 0 fully saturated rings.